The zero-order chi connectivity index (χ0) is 15.0. The first-order chi connectivity index (χ1) is 10.1. The average molecular weight is 290 g/mol. The number of fused-ring (bicyclic) bond motifs is 1. The summed E-state index contributed by atoms with van der Waals surface area (Å²) >= 11 is 0. The molecule has 2 amide bonds. The lowest BCUT2D eigenvalue weighted by Gasteiger charge is -2.30. The average Bonchev–Trinajstić information content (AvgIpc) is 3.00. The molecule has 6 heteroatoms. The number of benzene rings is 1. The molecule has 112 valence electrons. The van der Waals surface area contributed by atoms with Gasteiger partial charge in [-0.3, -0.25) is 9.59 Å². The summed E-state index contributed by atoms with van der Waals surface area (Å²) in [6, 6.07) is 5.27. The number of rotatable bonds is 2. The van der Waals surface area contributed by atoms with Gasteiger partial charge in [0.1, 0.15) is 11.9 Å². The molecule has 6 nitrogen and oxygen atoms in total. The van der Waals surface area contributed by atoms with Gasteiger partial charge in [0.15, 0.2) is 6.10 Å². The number of carbonyl (C=O) groups is 2. The lowest BCUT2D eigenvalue weighted by Crippen LogP contribution is -2.42. The molecule has 1 saturated heterocycles. The van der Waals surface area contributed by atoms with Gasteiger partial charge in [-0.05, 0) is 38.0 Å². The van der Waals surface area contributed by atoms with Crippen LogP contribution in [0.3, 0.4) is 0 Å². The molecule has 0 saturated carbocycles. The largest absolute Gasteiger partial charge is 0.479 e. The molecule has 2 unspecified atom stereocenters. The number of nitrogens with zero attached hydrogens (tertiary/aromatic N) is 1. The first-order valence-corrected chi connectivity index (χ1v) is 7.07. The third-order valence-corrected chi connectivity index (χ3v) is 3.79. The van der Waals surface area contributed by atoms with E-state index in [-0.39, 0.29) is 17.9 Å². The van der Waals surface area contributed by atoms with Crippen LogP contribution in [0.4, 0.5) is 11.4 Å². The van der Waals surface area contributed by atoms with Crippen molar-refractivity contribution in [3.63, 3.8) is 0 Å². The Hall–Kier alpha value is -2.08. The minimum absolute atomic E-state index is 0.106. The van der Waals surface area contributed by atoms with Crippen LogP contribution >= 0.6 is 0 Å². The Morgan fingerprint density at radius 1 is 1.43 bits per heavy atom. The Morgan fingerprint density at radius 2 is 2.24 bits per heavy atom. The van der Waals surface area contributed by atoms with E-state index in [0.29, 0.717) is 23.7 Å². The van der Waals surface area contributed by atoms with E-state index in [1.165, 1.54) is 0 Å². The van der Waals surface area contributed by atoms with E-state index in [4.69, 9.17) is 9.47 Å². The molecule has 21 heavy (non-hydrogen) atoms. The van der Waals surface area contributed by atoms with Gasteiger partial charge in [0.2, 0.25) is 0 Å². The van der Waals surface area contributed by atoms with Gasteiger partial charge in [0, 0.05) is 19.3 Å². The number of nitrogens with one attached hydrogen (secondary N) is 1. The number of carbonyl (C=O) groups excluding carboxylic acids is 2. The van der Waals surface area contributed by atoms with Crippen molar-refractivity contribution in [3.05, 3.63) is 18.2 Å². The highest BCUT2D eigenvalue weighted by Gasteiger charge is 2.29. The molecule has 1 N–H and O–H groups in total. The summed E-state index contributed by atoms with van der Waals surface area (Å²) in [7, 11) is 1.70. The molecule has 2 heterocycles. The Bertz CT molecular complexity index is 581. The van der Waals surface area contributed by atoms with Crippen molar-refractivity contribution in [2.75, 3.05) is 23.9 Å². The van der Waals surface area contributed by atoms with Gasteiger partial charge in [0.25, 0.3) is 11.8 Å². The molecule has 3 rings (SSSR count). The molecule has 1 aromatic rings. The van der Waals surface area contributed by atoms with Gasteiger partial charge < -0.3 is 19.7 Å². The Labute approximate surface area is 123 Å². The molecule has 2 atom stereocenters. The fourth-order valence-corrected chi connectivity index (χ4v) is 2.60. The third kappa shape index (κ3) is 2.58. The predicted octanol–water partition coefficient (Wildman–Crippen LogP) is 1.55. The molecule has 1 aromatic carbocycles. The van der Waals surface area contributed by atoms with Crippen LogP contribution in [0.1, 0.15) is 19.8 Å². The maximum atomic E-state index is 12.0. The molecule has 0 spiro atoms. The molecule has 0 aliphatic carbocycles. The van der Waals surface area contributed by atoms with Crippen molar-refractivity contribution >= 4 is 23.2 Å². The standard InChI is InChI=1S/C15H18N2O4/c1-9-15(19)17(2)11-8-10(5-6-12(11)21-9)16-14(18)13-4-3-7-20-13/h5-6,8-9,13H,3-4,7H2,1-2H3,(H,16,18). The minimum Gasteiger partial charge on any atom is -0.479 e. The highest BCUT2D eigenvalue weighted by molar-refractivity contribution is 6.01. The molecule has 0 aromatic heterocycles. The maximum absolute atomic E-state index is 12.0. The Balaban J connectivity index is 1.79. The van der Waals surface area contributed by atoms with Crippen molar-refractivity contribution in [1.29, 1.82) is 0 Å². The molecule has 2 aliphatic rings. The lowest BCUT2D eigenvalue weighted by molar-refractivity contribution is -0.125. The van der Waals surface area contributed by atoms with Crippen LogP contribution in [0.2, 0.25) is 0 Å². The van der Waals surface area contributed by atoms with E-state index in [0.717, 1.165) is 12.8 Å². The van der Waals surface area contributed by atoms with Gasteiger partial charge in [-0.1, -0.05) is 0 Å². The monoisotopic (exact) mass is 290 g/mol. The van der Waals surface area contributed by atoms with Crippen LogP contribution in [0.5, 0.6) is 5.75 Å². The molecular weight excluding hydrogens is 272 g/mol. The first-order valence-electron chi connectivity index (χ1n) is 7.07. The van der Waals surface area contributed by atoms with Gasteiger partial charge in [-0.25, -0.2) is 0 Å². The van der Waals surface area contributed by atoms with Gasteiger partial charge in [0.05, 0.1) is 5.69 Å². The van der Waals surface area contributed by atoms with Crippen molar-refractivity contribution in [2.45, 2.75) is 32.0 Å². The molecule has 1 fully saturated rings. The zero-order valence-electron chi connectivity index (χ0n) is 12.1. The van der Waals surface area contributed by atoms with Crippen LogP contribution in [-0.2, 0) is 14.3 Å². The molecule has 2 aliphatic heterocycles. The smallest absolute Gasteiger partial charge is 0.267 e. The Morgan fingerprint density at radius 3 is 2.95 bits per heavy atom. The van der Waals surface area contributed by atoms with Crippen LogP contribution in [0, 0.1) is 0 Å². The molecule has 0 radical (unpaired) electrons. The minimum atomic E-state index is -0.491. The van der Waals surface area contributed by atoms with E-state index >= 15 is 0 Å². The zero-order valence-corrected chi connectivity index (χ0v) is 12.1. The number of anilines is 2. The van der Waals surface area contributed by atoms with Gasteiger partial charge >= 0.3 is 0 Å². The summed E-state index contributed by atoms with van der Waals surface area (Å²) < 4.78 is 10.9. The first kappa shape index (κ1) is 13.9. The quantitative estimate of drug-likeness (QED) is 0.897. The number of hydrogen-bond acceptors (Lipinski definition) is 4. The topological polar surface area (TPSA) is 67.9 Å². The van der Waals surface area contributed by atoms with E-state index in [1.807, 2.05) is 0 Å². The van der Waals surface area contributed by atoms with Crippen molar-refractivity contribution in [3.8, 4) is 5.75 Å². The summed E-state index contributed by atoms with van der Waals surface area (Å²) in [5, 5.41) is 2.82. The van der Waals surface area contributed by atoms with Gasteiger partial charge in [-0.15, -0.1) is 0 Å². The normalized spacial score (nSPS) is 24.5. The van der Waals surface area contributed by atoms with Gasteiger partial charge in [-0.2, -0.15) is 0 Å². The SMILES string of the molecule is CC1Oc2ccc(NC(=O)C3CCCO3)cc2N(C)C1=O. The highest BCUT2D eigenvalue weighted by atomic mass is 16.5. The lowest BCUT2D eigenvalue weighted by atomic mass is 10.1. The second kappa shape index (κ2) is 5.37. The summed E-state index contributed by atoms with van der Waals surface area (Å²) in [5.74, 6) is 0.386. The van der Waals surface area contributed by atoms with E-state index in [1.54, 1.807) is 37.1 Å². The van der Waals surface area contributed by atoms with Crippen molar-refractivity contribution in [1.82, 2.24) is 0 Å². The van der Waals surface area contributed by atoms with E-state index < -0.39 is 6.10 Å². The van der Waals surface area contributed by atoms with Crippen molar-refractivity contribution < 1.29 is 19.1 Å². The molecular formula is C15H18N2O4. The number of likely N-dealkylation sites (N-methyl/N-ethyl adjacent to an activating group) is 1. The maximum Gasteiger partial charge on any atom is 0.267 e. The summed E-state index contributed by atoms with van der Waals surface area (Å²) in [5.41, 5.74) is 1.29. The number of hydrogen-bond donors (Lipinski definition) is 1. The second-order valence-corrected chi connectivity index (χ2v) is 5.33. The summed E-state index contributed by atoms with van der Waals surface area (Å²) in [6.45, 7) is 2.35. The fourth-order valence-electron chi connectivity index (χ4n) is 2.60. The van der Waals surface area contributed by atoms with E-state index in [9.17, 15) is 9.59 Å². The summed E-state index contributed by atoms with van der Waals surface area (Å²) in [6.07, 6.45) is 0.785. The highest BCUT2D eigenvalue weighted by Crippen LogP contribution is 2.35. The Kier molecular flexibility index (Phi) is 3.55. The molecule has 0 bridgehead atoms. The summed E-state index contributed by atoms with van der Waals surface area (Å²) in [4.78, 5) is 25.5. The van der Waals surface area contributed by atoms with E-state index in [2.05, 4.69) is 5.32 Å². The van der Waals surface area contributed by atoms with Crippen LogP contribution in [0.15, 0.2) is 18.2 Å². The number of ether oxygens (including phenoxy) is 2. The number of amides is 2. The third-order valence-electron chi connectivity index (χ3n) is 3.79. The van der Waals surface area contributed by atoms with Crippen molar-refractivity contribution in [2.24, 2.45) is 0 Å². The van der Waals surface area contributed by atoms with Crippen LogP contribution in [0.25, 0.3) is 0 Å². The predicted molar refractivity (Wildman–Crippen MR) is 77.5 cm³/mol. The van der Waals surface area contributed by atoms with Crippen LogP contribution < -0.4 is 15.0 Å². The fraction of sp³-hybridized carbons (Fsp3) is 0.467. The second-order valence-electron chi connectivity index (χ2n) is 5.33. The van der Waals surface area contributed by atoms with Crippen LogP contribution in [-0.4, -0.2) is 37.7 Å².